The van der Waals surface area contributed by atoms with Crippen LogP contribution in [-0.2, 0) is 9.47 Å². The molecular weight excluding hydrogens is 202 g/mol. The average molecular weight is 221 g/mol. The standard InChI is InChI=1S/C9H19NO5/c1-5-6(4-11)7(12)8(13)9(15-5)14-3-2-10/h5-9,11-13H,2-4,10H2,1H3/t5-,6?,7?,8-,9?/m0/s1. The Hall–Kier alpha value is -0.240. The molecule has 1 aliphatic rings. The van der Waals surface area contributed by atoms with Gasteiger partial charge in [0, 0.05) is 12.5 Å². The summed E-state index contributed by atoms with van der Waals surface area (Å²) in [6.07, 6.45) is -3.43. The topological polar surface area (TPSA) is 105 Å². The van der Waals surface area contributed by atoms with Crippen molar-refractivity contribution in [3.63, 3.8) is 0 Å². The second-order valence-electron chi connectivity index (χ2n) is 3.70. The van der Waals surface area contributed by atoms with Crippen molar-refractivity contribution >= 4 is 0 Å². The predicted molar refractivity (Wildman–Crippen MR) is 51.9 cm³/mol. The quantitative estimate of drug-likeness (QED) is 0.439. The highest BCUT2D eigenvalue weighted by Gasteiger charge is 2.42. The summed E-state index contributed by atoms with van der Waals surface area (Å²) >= 11 is 0. The Morgan fingerprint density at radius 1 is 1.33 bits per heavy atom. The van der Waals surface area contributed by atoms with Crippen molar-refractivity contribution in [2.75, 3.05) is 19.8 Å². The third kappa shape index (κ3) is 2.87. The van der Waals surface area contributed by atoms with Gasteiger partial charge in [-0.2, -0.15) is 0 Å². The molecule has 6 heteroatoms. The zero-order chi connectivity index (χ0) is 11.4. The molecule has 90 valence electrons. The summed E-state index contributed by atoms with van der Waals surface area (Å²) in [5, 5.41) is 28.3. The lowest BCUT2D eigenvalue weighted by molar-refractivity contribution is -0.284. The van der Waals surface area contributed by atoms with Crippen LogP contribution in [0.4, 0.5) is 0 Å². The number of hydrogen-bond donors (Lipinski definition) is 4. The molecule has 5 atom stereocenters. The molecule has 0 amide bonds. The fraction of sp³-hybridized carbons (Fsp3) is 1.00. The highest BCUT2D eigenvalue weighted by molar-refractivity contribution is 4.86. The van der Waals surface area contributed by atoms with Crippen molar-refractivity contribution in [1.29, 1.82) is 0 Å². The number of nitrogens with two attached hydrogens (primary N) is 1. The maximum atomic E-state index is 9.68. The van der Waals surface area contributed by atoms with Crippen LogP contribution >= 0.6 is 0 Å². The van der Waals surface area contributed by atoms with Crippen LogP contribution in [0.15, 0.2) is 0 Å². The number of ether oxygens (including phenoxy) is 2. The van der Waals surface area contributed by atoms with Gasteiger partial charge in [0.05, 0.1) is 25.4 Å². The normalized spacial score (nSPS) is 41.8. The van der Waals surface area contributed by atoms with Gasteiger partial charge in [0.1, 0.15) is 6.10 Å². The second-order valence-corrected chi connectivity index (χ2v) is 3.70. The van der Waals surface area contributed by atoms with Gasteiger partial charge < -0.3 is 30.5 Å². The van der Waals surface area contributed by atoms with Gasteiger partial charge in [-0.05, 0) is 6.92 Å². The van der Waals surface area contributed by atoms with Gasteiger partial charge in [-0.15, -0.1) is 0 Å². The third-order valence-corrected chi connectivity index (χ3v) is 2.63. The van der Waals surface area contributed by atoms with E-state index in [0.717, 1.165) is 0 Å². The first-order valence-electron chi connectivity index (χ1n) is 5.06. The molecule has 1 aliphatic heterocycles. The number of aliphatic hydroxyl groups is 3. The number of aliphatic hydroxyl groups excluding tert-OH is 3. The Labute approximate surface area is 88.6 Å². The lowest BCUT2D eigenvalue weighted by Gasteiger charge is -2.40. The molecule has 1 heterocycles. The van der Waals surface area contributed by atoms with Gasteiger partial charge in [0.2, 0.25) is 0 Å². The maximum absolute atomic E-state index is 9.68. The molecule has 3 unspecified atom stereocenters. The van der Waals surface area contributed by atoms with E-state index in [0.29, 0.717) is 6.54 Å². The summed E-state index contributed by atoms with van der Waals surface area (Å²) < 4.78 is 10.5. The van der Waals surface area contributed by atoms with E-state index in [4.69, 9.17) is 20.3 Å². The van der Waals surface area contributed by atoms with Crippen LogP contribution in [0.1, 0.15) is 6.92 Å². The number of hydrogen-bond acceptors (Lipinski definition) is 6. The Kier molecular flexibility index (Phi) is 4.91. The first kappa shape index (κ1) is 12.8. The Morgan fingerprint density at radius 3 is 2.53 bits per heavy atom. The van der Waals surface area contributed by atoms with Crippen LogP contribution in [0.3, 0.4) is 0 Å². The summed E-state index contributed by atoms with van der Waals surface area (Å²) in [7, 11) is 0. The van der Waals surface area contributed by atoms with E-state index in [2.05, 4.69) is 0 Å². The first-order valence-corrected chi connectivity index (χ1v) is 5.06. The summed E-state index contributed by atoms with van der Waals surface area (Å²) in [4.78, 5) is 0. The minimum atomic E-state index is -1.15. The van der Waals surface area contributed by atoms with E-state index in [1.54, 1.807) is 6.92 Å². The molecule has 6 nitrogen and oxygen atoms in total. The molecule has 1 rings (SSSR count). The van der Waals surface area contributed by atoms with Crippen LogP contribution < -0.4 is 5.73 Å². The van der Waals surface area contributed by atoms with Gasteiger partial charge in [-0.1, -0.05) is 0 Å². The molecule has 1 saturated heterocycles. The van der Waals surface area contributed by atoms with Crippen molar-refractivity contribution in [1.82, 2.24) is 0 Å². The van der Waals surface area contributed by atoms with Crippen LogP contribution in [-0.4, -0.2) is 59.7 Å². The van der Waals surface area contributed by atoms with Crippen molar-refractivity contribution in [3.8, 4) is 0 Å². The second kappa shape index (κ2) is 5.74. The average Bonchev–Trinajstić information content (AvgIpc) is 2.22. The number of rotatable bonds is 4. The Balaban J connectivity index is 2.56. The molecule has 0 aromatic rings. The molecule has 0 saturated carbocycles. The van der Waals surface area contributed by atoms with E-state index in [1.807, 2.05) is 0 Å². The molecule has 15 heavy (non-hydrogen) atoms. The summed E-state index contributed by atoms with van der Waals surface area (Å²) in [5.74, 6) is -0.488. The zero-order valence-electron chi connectivity index (χ0n) is 8.74. The minimum absolute atomic E-state index is 0.233. The van der Waals surface area contributed by atoms with Gasteiger partial charge in [0.25, 0.3) is 0 Å². The SMILES string of the molecule is C[C@@H]1OC(OCCN)[C@@H](O)C(O)C1CO. The maximum Gasteiger partial charge on any atom is 0.186 e. The molecule has 0 radical (unpaired) electrons. The van der Waals surface area contributed by atoms with Crippen molar-refractivity contribution in [2.45, 2.75) is 31.5 Å². The molecule has 0 bridgehead atoms. The molecule has 0 aromatic carbocycles. The molecule has 1 fully saturated rings. The van der Waals surface area contributed by atoms with Crippen LogP contribution in [0.2, 0.25) is 0 Å². The van der Waals surface area contributed by atoms with Crippen LogP contribution in [0.5, 0.6) is 0 Å². The lowest BCUT2D eigenvalue weighted by Crippen LogP contribution is -2.55. The van der Waals surface area contributed by atoms with Crippen molar-refractivity contribution < 1.29 is 24.8 Å². The molecule has 0 spiro atoms. The molecular formula is C9H19NO5. The van der Waals surface area contributed by atoms with E-state index in [-0.39, 0.29) is 19.3 Å². The monoisotopic (exact) mass is 221 g/mol. The van der Waals surface area contributed by atoms with Crippen molar-refractivity contribution in [2.24, 2.45) is 11.7 Å². The predicted octanol–water partition coefficient (Wildman–Crippen LogP) is -1.96. The smallest absolute Gasteiger partial charge is 0.186 e. The zero-order valence-corrected chi connectivity index (χ0v) is 8.74. The molecule has 0 aliphatic carbocycles. The summed E-state index contributed by atoms with van der Waals surface area (Å²) in [6.45, 7) is 2.06. The summed E-state index contributed by atoms with van der Waals surface area (Å²) in [5.41, 5.74) is 5.25. The molecule has 5 N–H and O–H groups in total. The van der Waals surface area contributed by atoms with Gasteiger partial charge in [0.15, 0.2) is 6.29 Å². The first-order chi connectivity index (χ1) is 7.11. The summed E-state index contributed by atoms with van der Waals surface area (Å²) in [6, 6.07) is 0. The largest absolute Gasteiger partial charge is 0.396 e. The van der Waals surface area contributed by atoms with Gasteiger partial charge in [-0.25, -0.2) is 0 Å². The fourth-order valence-electron chi connectivity index (χ4n) is 1.66. The minimum Gasteiger partial charge on any atom is -0.396 e. The van der Waals surface area contributed by atoms with E-state index >= 15 is 0 Å². The lowest BCUT2D eigenvalue weighted by atomic mass is 9.90. The third-order valence-electron chi connectivity index (χ3n) is 2.63. The van der Waals surface area contributed by atoms with Gasteiger partial charge in [-0.3, -0.25) is 0 Å². The van der Waals surface area contributed by atoms with Crippen LogP contribution in [0.25, 0.3) is 0 Å². The van der Waals surface area contributed by atoms with E-state index in [1.165, 1.54) is 0 Å². The highest BCUT2D eigenvalue weighted by Crippen LogP contribution is 2.26. The van der Waals surface area contributed by atoms with Crippen molar-refractivity contribution in [3.05, 3.63) is 0 Å². The van der Waals surface area contributed by atoms with Gasteiger partial charge >= 0.3 is 0 Å². The Morgan fingerprint density at radius 2 is 2.00 bits per heavy atom. The fourth-order valence-corrected chi connectivity index (χ4v) is 1.66. The van der Waals surface area contributed by atoms with E-state index < -0.39 is 24.4 Å². The highest BCUT2D eigenvalue weighted by atomic mass is 16.7. The molecule has 0 aromatic heterocycles. The van der Waals surface area contributed by atoms with Crippen LogP contribution in [0, 0.1) is 5.92 Å². The Bertz CT molecular complexity index is 191. The van der Waals surface area contributed by atoms with E-state index in [9.17, 15) is 10.2 Å².